The number of sulfone groups is 1. The molecule has 0 unspecified atom stereocenters. The molecule has 0 saturated carbocycles. The summed E-state index contributed by atoms with van der Waals surface area (Å²) < 4.78 is 28.1. The van der Waals surface area contributed by atoms with Crippen LogP contribution in [0.4, 0.5) is 5.82 Å². The maximum atomic E-state index is 12.9. The predicted octanol–water partition coefficient (Wildman–Crippen LogP) is 3.00. The molecule has 1 amide bonds. The molecule has 3 aromatic heterocycles. The van der Waals surface area contributed by atoms with Crippen LogP contribution in [-0.4, -0.2) is 39.7 Å². The lowest BCUT2D eigenvalue weighted by Gasteiger charge is -2.08. The fourth-order valence-corrected chi connectivity index (χ4v) is 3.98. The van der Waals surface area contributed by atoms with Crippen LogP contribution in [0.15, 0.2) is 70.6 Å². The Hall–Kier alpha value is -2.98. The number of rotatable bonds is 5. The van der Waals surface area contributed by atoms with Crippen molar-refractivity contribution in [1.29, 1.82) is 0 Å². The molecule has 0 aliphatic carbocycles. The molecule has 1 aromatic carbocycles. The zero-order chi connectivity index (χ0) is 20.6. The van der Waals surface area contributed by atoms with Crippen molar-refractivity contribution in [3.63, 3.8) is 0 Å². The molecule has 4 aromatic rings. The van der Waals surface area contributed by atoms with Gasteiger partial charge >= 0.3 is 0 Å². The van der Waals surface area contributed by atoms with Crippen LogP contribution in [0.2, 0.25) is 0 Å². The first kappa shape index (κ1) is 19.3. The van der Waals surface area contributed by atoms with Crippen molar-refractivity contribution < 1.29 is 13.2 Å². The second-order valence-corrected chi connectivity index (χ2v) is 9.25. The molecule has 0 aliphatic heterocycles. The minimum absolute atomic E-state index is 0.0300. The van der Waals surface area contributed by atoms with Crippen LogP contribution < -0.4 is 5.32 Å². The summed E-state index contributed by atoms with van der Waals surface area (Å²) in [5.41, 5.74) is 1.45. The average Bonchev–Trinajstić information content (AvgIpc) is 3.28. The molecule has 10 heteroatoms. The zero-order valence-electron chi connectivity index (χ0n) is 15.3. The fourth-order valence-electron chi connectivity index (χ4n) is 2.94. The zero-order valence-corrected chi connectivity index (χ0v) is 17.7. The molecular formula is C19H16BrN5O3S. The van der Waals surface area contributed by atoms with Crippen LogP contribution in [0, 0.1) is 0 Å². The van der Waals surface area contributed by atoms with Gasteiger partial charge in [0.05, 0.1) is 18.3 Å². The third-order valence-electron chi connectivity index (χ3n) is 4.27. The van der Waals surface area contributed by atoms with Gasteiger partial charge in [0, 0.05) is 23.0 Å². The first-order chi connectivity index (χ1) is 13.8. The summed E-state index contributed by atoms with van der Waals surface area (Å²) in [5, 5.41) is 6.85. The van der Waals surface area contributed by atoms with Gasteiger partial charge in [0.2, 0.25) is 15.0 Å². The maximum absolute atomic E-state index is 12.9. The predicted molar refractivity (Wildman–Crippen MR) is 112 cm³/mol. The van der Waals surface area contributed by atoms with Crippen LogP contribution in [0.1, 0.15) is 16.1 Å². The number of benzene rings is 1. The molecule has 0 bridgehead atoms. The standard InChI is InChI=1S/C19H16BrN5O3S/c1-29(27,28)19-23-17(15-4-2-3-11-24(15)19)18(26)22-16-9-10-21-25(16)12-13-5-7-14(20)8-6-13/h2-11H,12H2,1H3,(H,22,26). The van der Waals surface area contributed by atoms with Crippen LogP contribution in [0.3, 0.4) is 0 Å². The number of nitrogens with zero attached hydrogens (tertiary/aromatic N) is 4. The van der Waals surface area contributed by atoms with E-state index in [1.54, 1.807) is 41.3 Å². The Kier molecular flexibility index (Phi) is 4.97. The third kappa shape index (κ3) is 3.94. The van der Waals surface area contributed by atoms with Crippen molar-refractivity contribution in [1.82, 2.24) is 19.2 Å². The fraction of sp³-hybridized carbons (Fsp3) is 0.105. The quantitative estimate of drug-likeness (QED) is 0.480. The number of carbonyl (C=O) groups is 1. The second kappa shape index (κ2) is 7.45. The molecule has 0 radical (unpaired) electrons. The molecular weight excluding hydrogens is 458 g/mol. The number of pyridine rings is 1. The summed E-state index contributed by atoms with van der Waals surface area (Å²) in [6.07, 6.45) is 4.21. The molecule has 0 spiro atoms. The van der Waals surface area contributed by atoms with E-state index >= 15 is 0 Å². The maximum Gasteiger partial charge on any atom is 0.277 e. The minimum atomic E-state index is -3.61. The summed E-state index contributed by atoms with van der Waals surface area (Å²) in [7, 11) is -3.61. The first-order valence-electron chi connectivity index (χ1n) is 8.58. The van der Waals surface area contributed by atoms with Crippen molar-refractivity contribution in [2.45, 2.75) is 11.7 Å². The van der Waals surface area contributed by atoms with Gasteiger partial charge in [0.25, 0.3) is 5.91 Å². The highest BCUT2D eigenvalue weighted by atomic mass is 79.9. The van der Waals surface area contributed by atoms with Crippen LogP contribution in [-0.2, 0) is 16.4 Å². The molecule has 0 atom stereocenters. The lowest BCUT2D eigenvalue weighted by Crippen LogP contribution is -2.17. The van der Waals surface area contributed by atoms with Crippen molar-refractivity contribution in [3.05, 3.63) is 76.7 Å². The normalized spacial score (nSPS) is 11.7. The Balaban J connectivity index is 1.65. The molecule has 3 heterocycles. The SMILES string of the molecule is CS(=O)(=O)c1nc(C(=O)Nc2ccnn2Cc2ccc(Br)cc2)c2ccccn12. The summed E-state index contributed by atoms with van der Waals surface area (Å²) in [6, 6.07) is 14.5. The van der Waals surface area contributed by atoms with Crippen molar-refractivity contribution in [2.75, 3.05) is 11.6 Å². The third-order valence-corrected chi connectivity index (χ3v) is 5.75. The molecule has 1 N–H and O–H groups in total. The van der Waals surface area contributed by atoms with E-state index in [-0.39, 0.29) is 10.9 Å². The molecule has 0 aliphatic rings. The van der Waals surface area contributed by atoms with E-state index in [4.69, 9.17) is 0 Å². The monoisotopic (exact) mass is 473 g/mol. The molecule has 0 saturated heterocycles. The van der Waals surface area contributed by atoms with E-state index in [1.165, 1.54) is 4.40 Å². The highest BCUT2D eigenvalue weighted by molar-refractivity contribution is 9.10. The van der Waals surface area contributed by atoms with E-state index in [1.807, 2.05) is 24.3 Å². The smallest absolute Gasteiger partial charge is 0.277 e. The van der Waals surface area contributed by atoms with Crippen molar-refractivity contribution in [3.8, 4) is 0 Å². The number of nitrogens with one attached hydrogen (secondary N) is 1. The molecule has 0 fully saturated rings. The number of amides is 1. The van der Waals surface area contributed by atoms with Gasteiger partial charge in [-0.15, -0.1) is 0 Å². The van der Waals surface area contributed by atoms with E-state index in [2.05, 4.69) is 31.3 Å². The molecule has 148 valence electrons. The van der Waals surface area contributed by atoms with Gasteiger partial charge in [-0.2, -0.15) is 5.10 Å². The van der Waals surface area contributed by atoms with Gasteiger partial charge in [-0.05, 0) is 29.8 Å². The van der Waals surface area contributed by atoms with Crippen LogP contribution in [0.25, 0.3) is 5.52 Å². The second-order valence-electron chi connectivity index (χ2n) is 6.43. The highest BCUT2D eigenvalue weighted by Gasteiger charge is 2.23. The van der Waals surface area contributed by atoms with Crippen LogP contribution >= 0.6 is 15.9 Å². The number of aromatic nitrogens is 4. The molecule has 29 heavy (non-hydrogen) atoms. The van der Waals surface area contributed by atoms with Crippen molar-refractivity contribution in [2.24, 2.45) is 0 Å². The number of fused-ring (bicyclic) bond motifs is 1. The van der Waals surface area contributed by atoms with E-state index in [0.29, 0.717) is 17.9 Å². The van der Waals surface area contributed by atoms with E-state index in [9.17, 15) is 13.2 Å². The van der Waals surface area contributed by atoms with E-state index in [0.717, 1.165) is 16.3 Å². The lowest BCUT2D eigenvalue weighted by molar-refractivity contribution is 0.102. The topological polar surface area (TPSA) is 98.4 Å². The van der Waals surface area contributed by atoms with E-state index < -0.39 is 15.7 Å². The first-order valence-corrected chi connectivity index (χ1v) is 11.3. The minimum Gasteiger partial charge on any atom is -0.305 e. The Morgan fingerprint density at radius 2 is 1.90 bits per heavy atom. The van der Waals surface area contributed by atoms with Gasteiger partial charge in [-0.3, -0.25) is 9.20 Å². The van der Waals surface area contributed by atoms with Gasteiger partial charge in [0.15, 0.2) is 5.69 Å². The average molecular weight is 474 g/mol. The lowest BCUT2D eigenvalue weighted by atomic mass is 10.2. The number of hydrogen-bond acceptors (Lipinski definition) is 5. The number of hydrogen-bond donors (Lipinski definition) is 1. The Bertz CT molecular complexity index is 1310. The Morgan fingerprint density at radius 3 is 2.62 bits per heavy atom. The van der Waals surface area contributed by atoms with Gasteiger partial charge in [0.1, 0.15) is 5.82 Å². The summed E-state index contributed by atoms with van der Waals surface area (Å²) >= 11 is 3.40. The largest absolute Gasteiger partial charge is 0.305 e. The van der Waals surface area contributed by atoms with Crippen LogP contribution in [0.5, 0.6) is 0 Å². The number of imidazole rings is 1. The number of carbonyl (C=O) groups excluding carboxylic acids is 1. The summed E-state index contributed by atoms with van der Waals surface area (Å²) in [5.74, 6) is -0.0305. The number of anilines is 1. The van der Waals surface area contributed by atoms with Gasteiger partial charge < -0.3 is 5.32 Å². The Labute approximate surface area is 175 Å². The highest BCUT2D eigenvalue weighted by Crippen LogP contribution is 2.19. The molecule has 4 rings (SSSR count). The summed E-state index contributed by atoms with van der Waals surface area (Å²) in [4.78, 5) is 17.0. The molecule has 8 nitrogen and oxygen atoms in total. The Morgan fingerprint density at radius 1 is 1.14 bits per heavy atom. The van der Waals surface area contributed by atoms with Gasteiger partial charge in [-0.25, -0.2) is 18.1 Å². The van der Waals surface area contributed by atoms with Crippen molar-refractivity contribution >= 4 is 43.0 Å². The van der Waals surface area contributed by atoms with Gasteiger partial charge in [-0.1, -0.05) is 34.1 Å². The number of halogens is 1. The summed E-state index contributed by atoms with van der Waals surface area (Å²) in [6.45, 7) is 0.467.